The number of carboxylic acid groups (broad SMARTS) is 1. The predicted molar refractivity (Wildman–Crippen MR) is 230 cm³/mol. The van der Waals surface area contributed by atoms with Crippen molar-refractivity contribution in [3.63, 3.8) is 0 Å². The summed E-state index contributed by atoms with van der Waals surface area (Å²) in [6.45, 7) is 3.47. The van der Waals surface area contributed by atoms with Crippen molar-refractivity contribution in [1.29, 1.82) is 0 Å². The Labute approximate surface area is 379 Å². The zero-order valence-electron chi connectivity index (χ0n) is 36.8. The zero-order valence-corrected chi connectivity index (χ0v) is 36.8. The number of carbonyl (C=O) groups is 4. The van der Waals surface area contributed by atoms with Crippen molar-refractivity contribution in [3.05, 3.63) is 55.8 Å². The van der Waals surface area contributed by atoms with E-state index in [9.17, 15) is 63.1 Å². The van der Waals surface area contributed by atoms with Gasteiger partial charge in [-0.15, -0.1) is 0 Å². The van der Waals surface area contributed by atoms with Crippen molar-refractivity contribution in [2.75, 3.05) is 103 Å². The molecule has 1 saturated heterocycles. The Morgan fingerprint density at radius 1 is 0.773 bits per heavy atom. The number of hydrogen-bond donors (Lipinski definition) is 10. The van der Waals surface area contributed by atoms with E-state index in [4.69, 9.17) is 28.4 Å². The summed E-state index contributed by atoms with van der Waals surface area (Å²) in [5, 5.41) is 65.5. The summed E-state index contributed by atoms with van der Waals surface area (Å²) >= 11 is 0. The van der Waals surface area contributed by atoms with Gasteiger partial charge in [-0.05, 0) is 18.4 Å². The molecule has 0 radical (unpaired) electrons. The van der Waals surface area contributed by atoms with E-state index in [0.717, 1.165) is 12.1 Å². The van der Waals surface area contributed by atoms with E-state index >= 15 is 0 Å². The lowest BCUT2D eigenvalue weighted by Crippen LogP contribution is -2.68. The van der Waals surface area contributed by atoms with E-state index in [1.165, 1.54) is 19.1 Å². The Balaban J connectivity index is 1.36. The van der Waals surface area contributed by atoms with Crippen molar-refractivity contribution in [3.8, 4) is 0 Å². The van der Waals surface area contributed by atoms with Gasteiger partial charge in [0.1, 0.15) is 30.2 Å². The van der Waals surface area contributed by atoms with Gasteiger partial charge in [-0.2, -0.15) is 0 Å². The SMILES string of the molecule is CC(=O)NCCOCCOCCOCCOCCNc1c(NCCCCCCO[C@]2(C(=O)O)C[C@H](O)[C@@H](NC(=O)CO)[C@H]([C@H](O)[C@H](O)CNC(=O)Cc3ccc(C(F)F)cc3)O2)c(=O)c1=O. The second-order valence-electron chi connectivity index (χ2n) is 15.2. The molecule has 0 saturated carbocycles. The average Bonchev–Trinajstić information content (AvgIpc) is 3.29. The van der Waals surface area contributed by atoms with E-state index < -0.39 is 90.9 Å². The van der Waals surface area contributed by atoms with E-state index in [1.54, 1.807) is 0 Å². The first-order chi connectivity index (χ1) is 31.6. The fourth-order valence-corrected chi connectivity index (χ4v) is 6.60. The normalized spacial score (nSPS) is 19.3. The molecule has 0 aromatic heterocycles. The van der Waals surface area contributed by atoms with Gasteiger partial charge in [0.2, 0.25) is 17.7 Å². The molecule has 1 fully saturated rings. The molecule has 6 atom stereocenters. The smallest absolute Gasteiger partial charge is 0.364 e. The van der Waals surface area contributed by atoms with Gasteiger partial charge < -0.3 is 80.5 Å². The zero-order chi connectivity index (χ0) is 48.5. The van der Waals surface area contributed by atoms with Crippen LogP contribution in [-0.2, 0) is 54.0 Å². The number of aliphatic hydroxyl groups is 4. The maximum absolute atomic E-state index is 12.9. The molecule has 3 rings (SSSR count). The Morgan fingerprint density at radius 3 is 1.89 bits per heavy atom. The minimum Gasteiger partial charge on any atom is -0.477 e. The Morgan fingerprint density at radius 2 is 1.33 bits per heavy atom. The van der Waals surface area contributed by atoms with Crippen LogP contribution in [0.3, 0.4) is 0 Å². The third-order valence-corrected chi connectivity index (χ3v) is 10.1. The number of unbranched alkanes of at least 4 members (excludes halogenated alkanes) is 3. The second-order valence-corrected chi connectivity index (χ2v) is 15.2. The van der Waals surface area contributed by atoms with Gasteiger partial charge in [0.25, 0.3) is 23.1 Å². The van der Waals surface area contributed by atoms with Crippen molar-refractivity contribution < 1.29 is 81.9 Å². The number of anilines is 2. The van der Waals surface area contributed by atoms with Gasteiger partial charge in [-0.1, -0.05) is 37.1 Å². The lowest BCUT2D eigenvalue weighted by Gasteiger charge is -2.46. The highest BCUT2D eigenvalue weighted by atomic mass is 19.3. The number of aliphatic carboxylic acids is 1. The molecule has 0 spiro atoms. The average molecular weight is 948 g/mol. The van der Waals surface area contributed by atoms with E-state index in [1.807, 2.05) is 0 Å². The molecule has 1 aliphatic heterocycles. The fourth-order valence-electron chi connectivity index (χ4n) is 6.60. The van der Waals surface area contributed by atoms with Crippen molar-refractivity contribution in [2.45, 2.75) is 88.1 Å². The second kappa shape index (κ2) is 29.8. The number of carboxylic acids is 1. The van der Waals surface area contributed by atoms with Crippen LogP contribution in [0.15, 0.2) is 33.9 Å². The third-order valence-electron chi connectivity index (χ3n) is 10.1. The molecule has 2 aromatic carbocycles. The number of alkyl halides is 2. The number of ether oxygens (including phenoxy) is 6. The molecule has 0 aliphatic carbocycles. The first-order valence-electron chi connectivity index (χ1n) is 21.6. The molecule has 3 amide bonds. The summed E-state index contributed by atoms with van der Waals surface area (Å²) in [7, 11) is 0. The van der Waals surface area contributed by atoms with Crippen LogP contribution in [0.2, 0.25) is 0 Å². The molecule has 1 aliphatic rings. The highest BCUT2D eigenvalue weighted by Crippen LogP contribution is 2.34. The van der Waals surface area contributed by atoms with Crippen LogP contribution in [0.4, 0.5) is 20.2 Å². The quantitative estimate of drug-likeness (QED) is 0.0272. The van der Waals surface area contributed by atoms with Gasteiger partial charge in [-0.25, -0.2) is 13.6 Å². The molecule has 24 heteroatoms. The van der Waals surface area contributed by atoms with Crippen molar-refractivity contribution >= 4 is 35.1 Å². The molecule has 2 aromatic rings. The molecular weight excluding hydrogens is 884 g/mol. The Kier molecular flexibility index (Phi) is 25.1. The molecule has 1 heterocycles. The number of halogens is 2. The predicted octanol–water partition coefficient (Wildman–Crippen LogP) is -1.69. The lowest BCUT2D eigenvalue weighted by atomic mass is 9.88. The minimum atomic E-state index is -2.69. The highest BCUT2D eigenvalue weighted by Gasteiger charge is 2.55. The summed E-state index contributed by atoms with van der Waals surface area (Å²) < 4.78 is 58.7. The van der Waals surface area contributed by atoms with E-state index in [0.29, 0.717) is 90.6 Å². The van der Waals surface area contributed by atoms with Crippen LogP contribution in [-0.4, -0.2) is 178 Å². The first-order valence-corrected chi connectivity index (χ1v) is 21.6. The molecule has 22 nitrogen and oxygen atoms in total. The first kappa shape index (κ1) is 55.6. The van der Waals surface area contributed by atoms with Crippen LogP contribution >= 0.6 is 0 Å². The van der Waals surface area contributed by atoms with Gasteiger partial charge in [0.05, 0.1) is 84.1 Å². The number of rotatable bonds is 35. The maximum Gasteiger partial charge on any atom is 0.364 e. The Hall–Kier alpha value is -4.76. The molecule has 66 heavy (non-hydrogen) atoms. The van der Waals surface area contributed by atoms with Crippen LogP contribution in [0, 0.1) is 0 Å². The molecule has 10 N–H and O–H groups in total. The summed E-state index contributed by atoms with van der Waals surface area (Å²) in [5.74, 6) is -6.00. The number of amides is 3. The van der Waals surface area contributed by atoms with Gasteiger partial charge >= 0.3 is 5.97 Å². The maximum atomic E-state index is 12.9. The number of benzene rings is 1. The van der Waals surface area contributed by atoms with E-state index in [2.05, 4.69) is 26.6 Å². The molecular formula is C42H63F2N5O17. The number of nitrogens with one attached hydrogen (secondary N) is 5. The molecule has 372 valence electrons. The topological polar surface area (TPSA) is 319 Å². The largest absolute Gasteiger partial charge is 0.477 e. The minimum absolute atomic E-state index is 0.116. The van der Waals surface area contributed by atoms with Crippen LogP contribution in [0.5, 0.6) is 0 Å². The van der Waals surface area contributed by atoms with Gasteiger partial charge in [0, 0.05) is 45.1 Å². The Bertz CT molecular complexity index is 1850. The highest BCUT2D eigenvalue weighted by molar-refractivity contribution is 5.79. The monoisotopic (exact) mass is 947 g/mol. The lowest BCUT2D eigenvalue weighted by molar-refractivity contribution is -0.310. The van der Waals surface area contributed by atoms with E-state index in [-0.39, 0.29) is 49.0 Å². The fraction of sp³-hybridized carbons (Fsp3) is 0.667. The number of hydrogen-bond acceptors (Lipinski definition) is 18. The molecule has 0 bridgehead atoms. The van der Waals surface area contributed by atoms with Gasteiger partial charge in [-0.3, -0.25) is 24.0 Å². The van der Waals surface area contributed by atoms with Crippen LogP contribution < -0.4 is 37.4 Å². The number of carbonyl (C=O) groups excluding carboxylic acids is 3. The van der Waals surface area contributed by atoms with Gasteiger partial charge in [0.15, 0.2) is 0 Å². The van der Waals surface area contributed by atoms with Crippen molar-refractivity contribution in [1.82, 2.24) is 16.0 Å². The van der Waals surface area contributed by atoms with Crippen LogP contribution in [0.1, 0.15) is 56.6 Å². The summed E-state index contributed by atoms with van der Waals surface area (Å²) in [6.07, 6.45) is -9.14. The molecule has 0 unspecified atom stereocenters. The summed E-state index contributed by atoms with van der Waals surface area (Å²) in [5.41, 5.74) is -0.821. The van der Waals surface area contributed by atoms with Crippen molar-refractivity contribution in [2.24, 2.45) is 0 Å². The summed E-state index contributed by atoms with van der Waals surface area (Å²) in [6, 6.07) is 3.45. The summed E-state index contributed by atoms with van der Waals surface area (Å²) in [4.78, 5) is 72.3. The number of aliphatic hydroxyl groups excluding tert-OH is 4. The third kappa shape index (κ3) is 18.9. The standard InChI is InChI=1S/C42H63F2N5O17/c1-26(51)45-11-14-61-16-18-63-20-21-64-19-17-62-15-12-47-35-34(37(57)38(35)58)46-10-4-2-3-5-13-65-42(41(59)60)23-29(52)33(49-32(55)25-50)39(66-42)36(56)30(53)24-48-31(54)22-27-6-8-28(9-7-27)40(43)44/h6-9,29-30,33,36,39-40,46-47,50,52-53,56H,2-5,10-25H2,1H3,(H,45,51)(H,48,54)(H,49,55)(H,59,60)/t29-,30+,33+,36+,39+,42+/m0/s1. The van der Waals surface area contributed by atoms with Crippen LogP contribution in [0.25, 0.3) is 0 Å².